The maximum absolute atomic E-state index is 9.71. The first-order chi connectivity index (χ1) is 12.5. The van der Waals surface area contributed by atoms with Crippen molar-refractivity contribution in [2.24, 2.45) is 0 Å². The minimum absolute atomic E-state index is 0.459. The summed E-state index contributed by atoms with van der Waals surface area (Å²) in [5.74, 6) is 0. The smallest absolute Gasteiger partial charge is 0.174 e. The lowest BCUT2D eigenvalue weighted by molar-refractivity contribution is -0.689. The molecule has 4 heteroatoms. The van der Waals surface area contributed by atoms with Crippen molar-refractivity contribution < 1.29 is 19.3 Å². The van der Waals surface area contributed by atoms with Gasteiger partial charge in [0.2, 0.25) is 0 Å². The molecule has 0 radical (unpaired) electrons. The Kier molecular flexibility index (Phi) is 5.76. The van der Waals surface area contributed by atoms with Crippen LogP contribution in [0, 0.1) is 0 Å². The number of nitrogens with zero attached hydrogens (tertiary/aromatic N) is 2. The minimum Gasteiger partial charge on any atom is -0.388 e. The van der Waals surface area contributed by atoms with Crippen molar-refractivity contribution in [3.63, 3.8) is 0 Å². The summed E-state index contributed by atoms with van der Waals surface area (Å²) in [7, 11) is 0. The highest BCUT2D eigenvalue weighted by atomic mass is 16.3. The van der Waals surface area contributed by atoms with Gasteiger partial charge in [0.15, 0.2) is 37.9 Å². The predicted molar refractivity (Wildman–Crippen MR) is 99.2 cm³/mol. The first-order valence-corrected chi connectivity index (χ1v) is 8.93. The van der Waals surface area contributed by atoms with Crippen molar-refractivity contribution >= 4 is 0 Å². The third-order valence-corrected chi connectivity index (χ3v) is 4.48. The molecule has 134 valence electrons. The topological polar surface area (TPSA) is 48.2 Å². The lowest BCUT2D eigenvalue weighted by Gasteiger charge is -2.05. The molecule has 0 bridgehead atoms. The Labute approximate surface area is 154 Å². The number of aromatic nitrogens is 2. The normalized spacial score (nSPS) is 13.4. The van der Waals surface area contributed by atoms with Gasteiger partial charge in [0.1, 0.15) is 0 Å². The Bertz CT molecular complexity index is 786. The fourth-order valence-electron chi connectivity index (χ4n) is 2.95. The number of aliphatic hydroxyl groups excluding tert-OH is 2. The average molecular weight is 350 g/mol. The molecule has 0 fully saturated rings. The van der Waals surface area contributed by atoms with Gasteiger partial charge in [-0.05, 0) is 26.0 Å². The second-order valence-corrected chi connectivity index (χ2v) is 6.79. The second kappa shape index (κ2) is 8.21. The van der Waals surface area contributed by atoms with Gasteiger partial charge in [0.25, 0.3) is 0 Å². The monoisotopic (exact) mass is 350 g/mol. The minimum atomic E-state index is -0.459. The highest BCUT2D eigenvalue weighted by Crippen LogP contribution is 2.10. The summed E-state index contributed by atoms with van der Waals surface area (Å²) in [5, 5.41) is 19.4. The van der Waals surface area contributed by atoms with Crippen molar-refractivity contribution in [2.45, 2.75) is 39.1 Å². The summed E-state index contributed by atoms with van der Waals surface area (Å²) in [6.45, 7) is 5.09. The lowest BCUT2D eigenvalue weighted by Crippen LogP contribution is -2.34. The fourth-order valence-corrected chi connectivity index (χ4v) is 2.95. The molecule has 2 aromatic heterocycles. The summed E-state index contributed by atoms with van der Waals surface area (Å²) in [6, 6.07) is 16.3. The van der Waals surface area contributed by atoms with Crippen LogP contribution in [0.2, 0.25) is 0 Å². The summed E-state index contributed by atoms with van der Waals surface area (Å²) in [5.41, 5.74) is 4.26. The van der Waals surface area contributed by atoms with Crippen LogP contribution in [0.15, 0.2) is 73.3 Å². The first-order valence-electron chi connectivity index (χ1n) is 8.93. The molecule has 3 aromatic rings. The molecule has 0 saturated carbocycles. The maximum Gasteiger partial charge on any atom is 0.174 e. The zero-order valence-electron chi connectivity index (χ0n) is 15.3. The van der Waals surface area contributed by atoms with Gasteiger partial charge < -0.3 is 10.2 Å². The SMILES string of the molecule is CC(O)c1ccc[n+](Cc2ccc(C[n+]3cccc(C(C)O)c3)cc2)c1. The van der Waals surface area contributed by atoms with E-state index in [1.54, 1.807) is 13.8 Å². The van der Waals surface area contributed by atoms with Gasteiger partial charge in [-0.2, -0.15) is 0 Å². The quantitative estimate of drug-likeness (QED) is 0.671. The average Bonchev–Trinajstić information content (AvgIpc) is 2.64. The largest absolute Gasteiger partial charge is 0.388 e. The highest BCUT2D eigenvalue weighted by molar-refractivity contribution is 5.21. The van der Waals surface area contributed by atoms with Crippen molar-refractivity contribution in [1.82, 2.24) is 0 Å². The Hall–Kier alpha value is -2.56. The molecule has 2 heterocycles. The molecule has 2 atom stereocenters. The van der Waals surface area contributed by atoms with Gasteiger partial charge in [-0.3, -0.25) is 0 Å². The molecule has 0 aliphatic rings. The Morgan fingerprint density at radius 3 is 1.42 bits per heavy atom. The Morgan fingerprint density at radius 1 is 0.692 bits per heavy atom. The molecule has 0 spiro atoms. The van der Waals surface area contributed by atoms with E-state index in [1.807, 2.05) is 49.1 Å². The van der Waals surface area contributed by atoms with Gasteiger partial charge in [0, 0.05) is 34.4 Å². The molecular formula is C22H26N2O2+2. The number of rotatable bonds is 6. The molecule has 4 nitrogen and oxygen atoms in total. The maximum atomic E-state index is 9.71. The van der Waals surface area contributed by atoms with E-state index in [2.05, 4.69) is 33.4 Å². The van der Waals surface area contributed by atoms with Crippen LogP contribution in [-0.2, 0) is 13.1 Å². The van der Waals surface area contributed by atoms with Crippen LogP contribution in [0.3, 0.4) is 0 Å². The Morgan fingerprint density at radius 2 is 1.08 bits per heavy atom. The third kappa shape index (κ3) is 4.75. The van der Waals surface area contributed by atoms with Crippen LogP contribution in [-0.4, -0.2) is 10.2 Å². The van der Waals surface area contributed by atoms with Crippen LogP contribution >= 0.6 is 0 Å². The van der Waals surface area contributed by atoms with Crippen LogP contribution in [0.4, 0.5) is 0 Å². The van der Waals surface area contributed by atoms with E-state index in [-0.39, 0.29) is 0 Å². The van der Waals surface area contributed by atoms with Gasteiger partial charge in [-0.15, -0.1) is 0 Å². The summed E-state index contributed by atoms with van der Waals surface area (Å²) in [6.07, 6.45) is 7.07. The lowest BCUT2D eigenvalue weighted by atomic mass is 10.1. The zero-order chi connectivity index (χ0) is 18.5. The number of pyridine rings is 2. The molecule has 0 aliphatic carbocycles. The van der Waals surface area contributed by atoms with E-state index in [0.29, 0.717) is 0 Å². The van der Waals surface area contributed by atoms with Crippen LogP contribution in [0.25, 0.3) is 0 Å². The van der Waals surface area contributed by atoms with E-state index in [4.69, 9.17) is 0 Å². The first kappa shape index (κ1) is 18.2. The number of hydrogen-bond donors (Lipinski definition) is 2. The molecule has 0 saturated heterocycles. The van der Waals surface area contributed by atoms with Crippen LogP contribution in [0.1, 0.15) is 48.3 Å². The molecular weight excluding hydrogens is 324 g/mol. The predicted octanol–water partition coefficient (Wildman–Crippen LogP) is 2.46. The fraction of sp³-hybridized carbons (Fsp3) is 0.273. The molecule has 0 aliphatic heterocycles. The third-order valence-electron chi connectivity index (χ3n) is 4.48. The van der Waals surface area contributed by atoms with Gasteiger partial charge in [0.05, 0.1) is 12.2 Å². The highest BCUT2D eigenvalue weighted by Gasteiger charge is 2.10. The standard InChI is InChI=1S/C22H26N2O2/c1-17(25)21-5-3-11-23(15-21)13-19-7-9-20(10-8-19)14-24-12-4-6-22(16-24)18(2)26/h3-12,15-18,25-26H,13-14H2,1-2H3/q+2. The van der Waals surface area contributed by atoms with Crippen molar-refractivity contribution in [1.29, 1.82) is 0 Å². The van der Waals surface area contributed by atoms with E-state index in [1.165, 1.54) is 11.1 Å². The number of hydrogen-bond acceptors (Lipinski definition) is 2. The molecule has 2 unspecified atom stereocenters. The molecule has 3 rings (SSSR count). The van der Waals surface area contributed by atoms with E-state index in [9.17, 15) is 10.2 Å². The van der Waals surface area contributed by atoms with Gasteiger partial charge in [-0.25, -0.2) is 9.13 Å². The van der Waals surface area contributed by atoms with E-state index < -0.39 is 12.2 Å². The van der Waals surface area contributed by atoms with Crippen molar-refractivity contribution in [3.8, 4) is 0 Å². The summed E-state index contributed by atoms with van der Waals surface area (Å²) >= 11 is 0. The molecule has 26 heavy (non-hydrogen) atoms. The van der Waals surface area contributed by atoms with Gasteiger partial charge >= 0.3 is 0 Å². The number of benzene rings is 1. The summed E-state index contributed by atoms with van der Waals surface area (Å²) < 4.78 is 4.16. The summed E-state index contributed by atoms with van der Waals surface area (Å²) in [4.78, 5) is 0. The zero-order valence-corrected chi connectivity index (χ0v) is 15.3. The Balaban J connectivity index is 1.69. The van der Waals surface area contributed by atoms with Crippen LogP contribution < -0.4 is 9.13 Å². The molecule has 2 N–H and O–H groups in total. The number of aliphatic hydroxyl groups is 2. The van der Waals surface area contributed by atoms with E-state index >= 15 is 0 Å². The van der Waals surface area contributed by atoms with Crippen molar-refractivity contribution in [2.75, 3.05) is 0 Å². The van der Waals surface area contributed by atoms with Crippen molar-refractivity contribution in [3.05, 3.63) is 95.6 Å². The molecule has 1 aromatic carbocycles. The van der Waals surface area contributed by atoms with Gasteiger partial charge in [-0.1, -0.05) is 24.3 Å². The van der Waals surface area contributed by atoms with E-state index in [0.717, 1.165) is 24.2 Å². The van der Waals surface area contributed by atoms with Crippen LogP contribution in [0.5, 0.6) is 0 Å². The molecule has 0 amide bonds. The second-order valence-electron chi connectivity index (χ2n) is 6.79.